The monoisotopic (exact) mass is 493 g/mol. The minimum atomic E-state index is -0.678. The molecule has 7 heteroatoms. The smallest absolute Gasteiger partial charge is 0.333 e. The zero-order chi connectivity index (χ0) is 26.9. The quantitative estimate of drug-likeness (QED) is 0.337. The van der Waals surface area contributed by atoms with E-state index in [0.29, 0.717) is 18.2 Å². The van der Waals surface area contributed by atoms with Crippen molar-refractivity contribution in [1.82, 2.24) is 15.1 Å². The zero-order valence-electron chi connectivity index (χ0n) is 23.9. The summed E-state index contributed by atoms with van der Waals surface area (Å²) in [5.74, 6) is -0.512. The van der Waals surface area contributed by atoms with Crippen molar-refractivity contribution >= 4 is 17.8 Å². The molecule has 1 rings (SSSR count). The van der Waals surface area contributed by atoms with Crippen molar-refractivity contribution in [3.8, 4) is 0 Å². The number of likely N-dealkylation sites (tertiary alicyclic amines) is 1. The van der Waals surface area contributed by atoms with Gasteiger partial charge in [-0.3, -0.25) is 14.5 Å². The van der Waals surface area contributed by atoms with E-state index in [0.717, 1.165) is 38.6 Å². The van der Waals surface area contributed by atoms with Gasteiger partial charge in [-0.05, 0) is 57.9 Å². The Balaban J connectivity index is 3.16. The van der Waals surface area contributed by atoms with E-state index in [2.05, 4.69) is 24.1 Å². The molecule has 0 aromatic heterocycles. The molecule has 1 heterocycles. The van der Waals surface area contributed by atoms with Gasteiger partial charge in [-0.2, -0.15) is 0 Å². The second kappa shape index (κ2) is 14.0. The van der Waals surface area contributed by atoms with Crippen LogP contribution in [0.5, 0.6) is 0 Å². The molecule has 0 radical (unpaired) electrons. The molecule has 35 heavy (non-hydrogen) atoms. The Morgan fingerprint density at radius 3 is 2.29 bits per heavy atom. The number of likely N-dealkylation sites (N-methyl/N-ethyl adjacent to an activating group) is 1. The van der Waals surface area contributed by atoms with Crippen molar-refractivity contribution in [3.63, 3.8) is 0 Å². The first kappa shape index (κ1) is 31.1. The Kier molecular flexibility index (Phi) is 12.5. The molecule has 2 unspecified atom stereocenters. The molecule has 0 bridgehead atoms. The number of nitrogens with zero attached hydrogens (tertiary/aromatic N) is 2. The minimum absolute atomic E-state index is 0.0614. The fraction of sp³-hybridized carbons (Fsp3) is 0.821. The van der Waals surface area contributed by atoms with Gasteiger partial charge in [0.05, 0.1) is 18.7 Å². The molecule has 0 saturated carbocycles. The predicted octanol–water partition coefficient (Wildman–Crippen LogP) is 4.55. The molecule has 2 amide bonds. The summed E-state index contributed by atoms with van der Waals surface area (Å²) in [7, 11) is 1.75. The van der Waals surface area contributed by atoms with Crippen LogP contribution in [0.3, 0.4) is 0 Å². The lowest BCUT2D eigenvalue weighted by Gasteiger charge is -2.41. The molecule has 202 valence electrons. The van der Waals surface area contributed by atoms with Crippen LogP contribution in [0.4, 0.5) is 0 Å². The summed E-state index contributed by atoms with van der Waals surface area (Å²) in [4.78, 5) is 43.5. The van der Waals surface area contributed by atoms with Gasteiger partial charge < -0.3 is 15.0 Å². The first-order valence-corrected chi connectivity index (χ1v) is 13.4. The van der Waals surface area contributed by atoms with Crippen molar-refractivity contribution in [3.05, 3.63) is 11.6 Å². The molecular weight excluding hydrogens is 442 g/mol. The molecule has 1 N–H and O–H groups in total. The van der Waals surface area contributed by atoms with Crippen LogP contribution < -0.4 is 5.32 Å². The van der Waals surface area contributed by atoms with Gasteiger partial charge in [-0.15, -0.1) is 0 Å². The number of carbonyl (C=O) groups is 3. The topological polar surface area (TPSA) is 79.0 Å². The predicted molar refractivity (Wildman–Crippen MR) is 142 cm³/mol. The summed E-state index contributed by atoms with van der Waals surface area (Å²) < 4.78 is 5.12. The largest absolute Gasteiger partial charge is 0.463 e. The van der Waals surface area contributed by atoms with E-state index in [-0.39, 0.29) is 35.8 Å². The maximum Gasteiger partial charge on any atom is 0.333 e. The van der Waals surface area contributed by atoms with E-state index in [1.165, 1.54) is 0 Å². The molecular formula is C28H51N3O4. The van der Waals surface area contributed by atoms with Crippen LogP contribution in [0.15, 0.2) is 11.6 Å². The summed E-state index contributed by atoms with van der Waals surface area (Å²) in [5.41, 5.74) is 0.000973. The molecule has 1 aliphatic rings. The number of carbonyl (C=O) groups excluding carboxylic acids is 3. The van der Waals surface area contributed by atoms with Crippen LogP contribution in [0, 0.1) is 11.3 Å². The number of amides is 2. The van der Waals surface area contributed by atoms with Crippen LogP contribution in [-0.2, 0) is 19.1 Å². The fourth-order valence-electron chi connectivity index (χ4n) is 4.90. The second-order valence-electron chi connectivity index (χ2n) is 11.4. The van der Waals surface area contributed by atoms with E-state index >= 15 is 0 Å². The Labute approximate surface area is 214 Å². The third-order valence-corrected chi connectivity index (χ3v) is 7.02. The standard InChI is InChI=1S/C28H51N3O4/c1-11-15-21(6)31-17-14-13-16-22(31)25(32)29-24(28(7,8)9)26(33)30(10)23(19(3)4)18-20(5)27(34)35-12-2/h18-19,21-24H,11-17H2,1-10H3,(H,29,32)/t21?,22?,23-,24-/m1/s1. The lowest BCUT2D eigenvalue weighted by atomic mass is 9.84. The van der Waals surface area contributed by atoms with Crippen molar-refractivity contribution in [2.24, 2.45) is 11.3 Å². The minimum Gasteiger partial charge on any atom is -0.463 e. The summed E-state index contributed by atoms with van der Waals surface area (Å²) >= 11 is 0. The highest BCUT2D eigenvalue weighted by Crippen LogP contribution is 2.26. The highest BCUT2D eigenvalue weighted by Gasteiger charge is 2.40. The summed E-state index contributed by atoms with van der Waals surface area (Å²) in [6.45, 7) is 19.0. The van der Waals surface area contributed by atoms with E-state index in [9.17, 15) is 14.4 Å². The summed E-state index contributed by atoms with van der Waals surface area (Å²) in [6, 6.07) is -0.851. The third-order valence-electron chi connectivity index (χ3n) is 7.02. The fourth-order valence-corrected chi connectivity index (χ4v) is 4.90. The van der Waals surface area contributed by atoms with Gasteiger partial charge in [0, 0.05) is 18.7 Å². The van der Waals surface area contributed by atoms with E-state index in [4.69, 9.17) is 4.74 Å². The summed E-state index contributed by atoms with van der Waals surface area (Å²) in [5, 5.41) is 3.14. The van der Waals surface area contributed by atoms with Gasteiger partial charge >= 0.3 is 5.97 Å². The highest BCUT2D eigenvalue weighted by atomic mass is 16.5. The van der Waals surface area contributed by atoms with Gasteiger partial charge in [-0.25, -0.2) is 4.79 Å². The molecule has 0 aromatic carbocycles. The van der Waals surface area contributed by atoms with E-state index < -0.39 is 11.5 Å². The molecule has 4 atom stereocenters. The second-order valence-corrected chi connectivity index (χ2v) is 11.4. The maximum atomic E-state index is 13.8. The maximum absolute atomic E-state index is 13.8. The molecule has 0 aliphatic carbocycles. The number of rotatable bonds is 11. The van der Waals surface area contributed by atoms with Crippen molar-refractivity contribution < 1.29 is 19.1 Å². The Morgan fingerprint density at radius 1 is 1.14 bits per heavy atom. The molecule has 0 aromatic rings. The molecule has 1 aliphatic heterocycles. The first-order valence-electron chi connectivity index (χ1n) is 13.4. The van der Waals surface area contributed by atoms with Gasteiger partial charge in [0.25, 0.3) is 0 Å². The molecule has 1 fully saturated rings. The third kappa shape index (κ3) is 8.93. The SMILES string of the molecule is CCCC(C)N1CCCCC1C(=O)N[C@H](C(=O)N(C)[C@H](C=C(C)C(=O)OCC)C(C)C)C(C)(C)C. The van der Waals surface area contributed by atoms with Gasteiger partial charge in [0.2, 0.25) is 11.8 Å². The Bertz CT molecular complexity index is 741. The highest BCUT2D eigenvalue weighted by molar-refractivity contribution is 5.91. The van der Waals surface area contributed by atoms with Gasteiger partial charge in [-0.1, -0.05) is 60.5 Å². The average molecular weight is 494 g/mol. The number of piperidine rings is 1. The van der Waals surface area contributed by atoms with Gasteiger partial charge in [0.15, 0.2) is 0 Å². The van der Waals surface area contributed by atoms with E-state index in [1.54, 1.807) is 31.9 Å². The lowest BCUT2D eigenvalue weighted by molar-refractivity contribution is -0.142. The van der Waals surface area contributed by atoms with Crippen LogP contribution in [-0.4, -0.2) is 72.0 Å². The van der Waals surface area contributed by atoms with Crippen LogP contribution >= 0.6 is 0 Å². The number of hydrogen-bond acceptors (Lipinski definition) is 5. The average Bonchev–Trinajstić information content (AvgIpc) is 2.79. The Hall–Kier alpha value is -1.89. The van der Waals surface area contributed by atoms with Crippen LogP contribution in [0.1, 0.15) is 94.4 Å². The Morgan fingerprint density at radius 2 is 1.77 bits per heavy atom. The van der Waals surface area contributed by atoms with E-state index in [1.807, 2.05) is 34.6 Å². The lowest BCUT2D eigenvalue weighted by Crippen LogP contribution is -2.60. The number of hydrogen-bond donors (Lipinski definition) is 1. The number of nitrogens with one attached hydrogen (secondary N) is 1. The number of esters is 1. The van der Waals surface area contributed by atoms with Crippen LogP contribution in [0.2, 0.25) is 0 Å². The zero-order valence-corrected chi connectivity index (χ0v) is 23.9. The van der Waals surface area contributed by atoms with Gasteiger partial charge in [0.1, 0.15) is 6.04 Å². The normalized spacial score (nSPS) is 20.2. The van der Waals surface area contributed by atoms with Crippen molar-refractivity contribution in [1.29, 1.82) is 0 Å². The van der Waals surface area contributed by atoms with Crippen molar-refractivity contribution in [2.45, 2.75) is 119 Å². The molecule has 0 spiro atoms. The summed E-state index contributed by atoms with van der Waals surface area (Å²) in [6.07, 6.45) is 6.87. The molecule has 7 nitrogen and oxygen atoms in total. The molecule has 1 saturated heterocycles. The number of ether oxygens (including phenoxy) is 1. The van der Waals surface area contributed by atoms with Crippen LogP contribution in [0.25, 0.3) is 0 Å². The van der Waals surface area contributed by atoms with Crippen molar-refractivity contribution in [2.75, 3.05) is 20.2 Å². The first-order chi connectivity index (χ1) is 16.3.